The molecule has 35 heavy (non-hydrogen) atoms. The second-order valence-corrected chi connectivity index (χ2v) is 14.5. The number of hydrogen-bond donors (Lipinski definition) is 5. The van der Waals surface area contributed by atoms with E-state index in [9.17, 15) is 28.5 Å². The molecular weight excluding hydrogens is 468 g/mol. The number of hydrogen-bond acceptors (Lipinski definition) is 6. The molecule has 9 heteroatoms. The van der Waals surface area contributed by atoms with Crippen LogP contribution in [0, 0.1) is 46.3 Å². The van der Waals surface area contributed by atoms with Gasteiger partial charge < -0.3 is 20.6 Å². The molecule has 0 bridgehead atoms. The molecule has 0 radical (unpaired) electrons. The van der Waals surface area contributed by atoms with Gasteiger partial charge in [0.25, 0.3) is 0 Å². The number of carbonyl (C=O) groups is 1. The summed E-state index contributed by atoms with van der Waals surface area (Å²) in [5.41, 5.74) is -0.229. The van der Waals surface area contributed by atoms with Crippen LogP contribution in [0.3, 0.4) is 0 Å². The van der Waals surface area contributed by atoms with Gasteiger partial charge in [0.05, 0.1) is 24.1 Å². The molecule has 4 aliphatic carbocycles. The number of primary sulfonamides is 1. The Morgan fingerprint density at radius 2 is 1.80 bits per heavy atom. The zero-order valence-corrected chi connectivity index (χ0v) is 22.3. The number of aliphatic hydroxyl groups is 3. The Morgan fingerprint density at radius 3 is 2.49 bits per heavy atom. The van der Waals surface area contributed by atoms with Crippen molar-refractivity contribution in [1.82, 2.24) is 5.32 Å². The van der Waals surface area contributed by atoms with Gasteiger partial charge in [0.1, 0.15) is 0 Å². The van der Waals surface area contributed by atoms with Gasteiger partial charge in [-0.2, -0.15) is 0 Å². The molecule has 1 unspecified atom stereocenters. The summed E-state index contributed by atoms with van der Waals surface area (Å²) in [7, 11) is -3.60. The highest BCUT2D eigenvalue weighted by Crippen LogP contribution is 2.68. The number of amides is 1. The number of nitrogens with one attached hydrogen (secondary N) is 1. The van der Waals surface area contributed by atoms with Crippen LogP contribution in [0.4, 0.5) is 0 Å². The van der Waals surface area contributed by atoms with E-state index in [1.807, 2.05) is 0 Å². The summed E-state index contributed by atoms with van der Waals surface area (Å²) < 4.78 is 22.1. The summed E-state index contributed by atoms with van der Waals surface area (Å²) in [5.74, 6) is 1.07. The lowest BCUT2D eigenvalue weighted by Crippen LogP contribution is -2.62. The normalized spacial score (nSPS) is 46.3. The quantitative estimate of drug-likeness (QED) is 0.349. The van der Waals surface area contributed by atoms with Gasteiger partial charge in [-0.15, -0.1) is 0 Å². The SMILES string of the molecule is C[C@H](CCC(=O)NCCS(N)(=O)=O)[C@H]1CC[C@H]2[C@@H]3[C@H](O)CC4C[C@H](O)CC[C@]4(C)[C@H]3C[C@H](O)[C@]12C. The Kier molecular flexibility index (Phi) is 7.69. The Hall–Kier alpha value is -0.740. The summed E-state index contributed by atoms with van der Waals surface area (Å²) in [6, 6.07) is 0. The highest BCUT2D eigenvalue weighted by atomic mass is 32.2. The number of nitrogens with two attached hydrogens (primary N) is 1. The Balaban J connectivity index is 1.43. The lowest BCUT2D eigenvalue weighted by molar-refractivity contribution is -0.207. The van der Waals surface area contributed by atoms with Crippen molar-refractivity contribution in [3.63, 3.8) is 0 Å². The maximum Gasteiger partial charge on any atom is 0.220 e. The molecule has 8 nitrogen and oxygen atoms in total. The Bertz CT molecular complexity index is 898. The van der Waals surface area contributed by atoms with Crippen molar-refractivity contribution < 1.29 is 28.5 Å². The fourth-order valence-corrected chi connectivity index (χ4v) is 9.50. The molecule has 4 saturated carbocycles. The molecule has 0 heterocycles. The molecule has 4 rings (SSSR count). The van der Waals surface area contributed by atoms with Crippen molar-refractivity contribution in [3.05, 3.63) is 0 Å². The van der Waals surface area contributed by atoms with Gasteiger partial charge in [-0.25, -0.2) is 13.6 Å². The zero-order chi connectivity index (χ0) is 25.8. The molecule has 11 atom stereocenters. The van der Waals surface area contributed by atoms with Crippen LogP contribution in [-0.2, 0) is 14.8 Å². The number of sulfonamides is 1. The maximum absolute atomic E-state index is 12.3. The molecule has 0 aromatic rings. The van der Waals surface area contributed by atoms with E-state index >= 15 is 0 Å². The van der Waals surface area contributed by atoms with E-state index in [-0.39, 0.29) is 70.8 Å². The van der Waals surface area contributed by atoms with Gasteiger partial charge in [-0.05, 0) is 97.7 Å². The average molecular weight is 515 g/mol. The third-order valence-corrected chi connectivity index (χ3v) is 11.8. The first-order valence-corrected chi connectivity index (χ1v) is 15.3. The largest absolute Gasteiger partial charge is 0.393 e. The van der Waals surface area contributed by atoms with Gasteiger partial charge in [0, 0.05) is 13.0 Å². The van der Waals surface area contributed by atoms with E-state index < -0.39 is 16.1 Å². The van der Waals surface area contributed by atoms with Gasteiger partial charge in [0.2, 0.25) is 15.9 Å². The first-order chi connectivity index (χ1) is 16.3. The first-order valence-electron chi connectivity index (χ1n) is 13.6. The third kappa shape index (κ3) is 5.05. The molecule has 4 fully saturated rings. The van der Waals surface area contributed by atoms with Crippen molar-refractivity contribution in [2.24, 2.45) is 51.5 Å². The van der Waals surface area contributed by atoms with Gasteiger partial charge in [-0.3, -0.25) is 4.79 Å². The molecule has 0 aromatic heterocycles. The number of fused-ring (bicyclic) bond motifs is 5. The first kappa shape index (κ1) is 27.3. The fourth-order valence-electron chi connectivity index (χ4n) is 9.11. The van der Waals surface area contributed by atoms with Crippen LogP contribution in [-0.4, -0.2) is 60.3 Å². The minimum atomic E-state index is -3.60. The molecule has 6 N–H and O–H groups in total. The van der Waals surface area contributed by atoms with E-state index in [1.54, 1.807) is 0 Å². The summed E-state index contributed by atoms with van der Waals surface area (Å²) in [6.07, 6.45) is 5.84. The fraction of sp³-hybridized carbons (Fsp3) is 0.962. The van der Waals surface area contributed by atoms with E-state index in [4.69, 9.17) is 5.14 Å². The van der Waals surface area contributed by atoms with Crippen LogP contribution in [0.5, 0.6) is 0 Å². The molecule has 0 aliphatic heterocycles. The van der Waals surface area contributed by atoms with E-state index in [0.717, 1.165) is 38.5 Å². The summed E-state index contributed by atoms with van der Waals surface area (Å²) in [4.78, 5) is 12.3. The van der Waals surface area contributed by atoms with Crippen LogP contribution in [0.1, 0.15) is 78.6 Å². The molecular formula is C26H46N2O6S. The van der Waals surface area contributed by atoms with Crippen molar-refractivity contribution in [2.75, 3.05) is 12.3 Å². The van der Waals surface area contributed by atoms with Gasteiger partial charge >= 0.3 is 0 Å². The third-order valence-electron chi connectivity index (χ3n) is 11.1. The topological polar surface area (TPSA) is 150 Å². The van der Waals surface area contributed by atoms with Crippen LogP contribution in [0.15, 0.2) is 0 Å². The van der Waals surface area contributed by atoms with E-state index in [2.05, 4.69) is 26.1 Å². The minimum absolute atomic E-state index is 0.0196. The smallest absolute Gasteiger partial charge is 0.220 e. The highest BCUT2D eigenvalue weighted by Gasteiger charge is 2.65. The maximum atomic E-state index is 12.3. The minimum Gasteiger partial charge on any atom is -0.393 e. The number of aliphatic hydroxyl groups excluding tert-OH is 3. The summed E-state index contributed by atoms with van der Waals surface area (Å²) >= 11 is 0. The average Bonchev–Trinajstić information content (AvgIpc) is 3.12. The Morgan fingerprint density at radius 1 is 1.09 bits per heavy atom. The highest BCUT2D eigenvalue weighted by molar-refractivity contribution is 7.89. The lowest BCUT2D eigenvalue weighted by atomic mass is 9.43. The Labute approximate surface area is 210 Å². The second kappa shape index (κ2) is 9.86. The van der Waals surface area contributed by atoms with Crippen molar-refractivity contribution in [3.8, 4) is 0 Å². The van der Waals surface area contributed by atoms with Gasteiger partial charge in [-0.1, -0.05) is 20.8 Å². The van der Waals surface area contributed by atoms with Crippen LogP contribution < -0.4 is 10.5 Å². The number of carbonyl (C=O) groups excluding carboxylic acids is 1. The molecule has 0 saturated heterocycles. The van der Waals surface area contributed by atoms with E-state index in [0.29, 0.717) is 25.2 Å². The molecule has 0 spiro atoms. The van der Waals surface area contributed by atoms with Crippen LogP contribution in [0.25, 0.3) is 0 Å². The van der Waals surface area contributed by atoms with Crippen molar-refractivity contribution >= 4 is 15.9 Å². The predicted octanol–water partition coefficient (Wildman–Crippen LogP) is 1.77. The molecule has 4 aliphatic rings. The van der Waals surface area contributed by atoms with Gasteiger partial charge in [0.15, 0.2) is 0 Å². The van der Waals surface area contributed by atoms with Crippen LogP contribution in [0.2, 0.25) is 0 Å². The summed E-state index contributed by atoms with van der Waals surface area (Å²) in [5, 5.41) is 40.9. The predicted molar refractivity (Wildman–Crippen MR) is 133 cm³/mol. The van der Waals surface area contributed by atoms with E-state index in [1.165, 1.54) is 0 Å². The molecule has 0 aromatic carbocycles. The molecule has 202 valence electrons. The second-order valence-electron chi connectivity index (χ2n) is 12.8. The molecule has 1 amide bonds. The summed E-state index contributed by atoms with van der Waals surface area (Å²) in [6.45, 7) is 6.73. The monoisotopic (exact) mass is 514 g/mol. The number of rotatable bonds is 7. The van der Waals surface area contributed by atoms with Crippen molar-refractivity contribution in [2.45, 2.75) is 96.9 Å². The van der Waals surface area contributed by atoms with Crippen LogP contribution >= 0.6 is 0 Å². The zero-order valence-electron chi connectivity index (χ0n) is 21.5. The lowest BCUT2D eigenvalue weighted by Gasteiger charge is -2.63. The van der Waals surface area contributed by atoms with Crippen molar-refractivity contribution in [1.29, 1.82) is 0 Å². The standard InChI is InChI=1S/C26H46N2O6S/c1-15(4-7-23(32)28-10-11-35(27,33)34)18-5-6-19-24-20(14-22(31)26(18,19)3)25(2)9-8-17(29)12-16(25)13-21(24)30/h15-22,24,29-31H,4-14H2,1-3H3,(H,28,32)(H2,27,33,34)/t15-,16?,17-,18-,19+,20+,21-,22+,24+,25+,26-/m1/s1.